The van der Waals surface area contributed by atoms with E-state index in [0.29, 0.717) is 18.6 Å². The molecule has 100 valence electrons. The van der Waals surface area contributed by atoms with Gasteiger partial charge in [0, 0.05) is 25.2 Å². The van der Waals surface area contributed by atoms with Gasteiger partial charge in [-0.1, -0.05) is 6.92 Å². The molecular formula is C13H26N2O2. The van der Waals surface area contributed by atoms with Gasteiger partial charge in [-0.3, -0.25) is 4.79 Å². The van der Waals surface area contributed by atoms with Crippen LogP contribution in [0.15, 0.2) is 0 Å². The Morgan fingerprint density at radius 2 is 2.35 bits per heavy atom. The molecule has 0 aromatic rings. The molecular weight excluding hydrogens is 216 g/mol. The van der Waals surface area contributed by atoms with Crippen molar-refractivity contribution in [2.45, 2.75) is 58.0 Å². The predicted molar refractivity (Wildman–Crippen MR) is 68.8 cm³/mol. The maximum absolute atomic E-state index is 12.0. The molecule has 0 aromatic carbocycles. The number of amides is 1. The fourth-order valence-corrected chi connectivity index (χ4v) is 2.30. The van der Waals surface area contributed by atoms with Gasteiger partial charge >= 0.3 is 0 Å². The third kappa shape index (κ3) is 4.64. The lowest BCUT2D eigenvalue weighted by Crippen LogP contribution is -2.43. The van der Waals surface area contributed by atoms with Crippen molar-refractivity contribution in [2.75, 3.05) is 19.7 Å². The second-order valence-corrected chi connectivity index (χ2v) is 4.94. The highest BCUT2D eigenvalue weighted by Gasteiger charge is 2.27. The van der Waals surface area contributed by atoms with E-state index in [1.165, 1.54) is 0 Å². The normalized spacial score (nSPS) is 21.8. The van der Waals surface area contributed by atoms with E-state index in [1.54, 1.807) is 0 Å². The highest BCUT2D eigenvalue weighted by molar-refractivity contribution is 5.78. The summed E-state index contributed by atoms with van der Waals surface area (Å²) in [7, 11) is 0. The van der Waals surface area contributed by atoms with E-state index in [1.807, 2.05) is 4.90 Å². The number of nitrogens with zero attached hydrogens (tertiary/aromatic N) is 1. The molecule has 4 nitrogen and oxygen atoms in total. The van der Waals surface area contributed by atoms with E-state index in [9.17, 15) is 4.79 Å². The molecule has 1 aliphatic rings. The maximum atomic E-state index is 12.0. The van der Waals surface area contributed by atoms with Crippen LogP contribution >= 0.6 is 0 Å². The molecule has 0 aromatic heterocycles. The Labute approximate surface area is 104 Å². The maximum Gasteiger partial charge on any atom is 0.236 e. The van der Waals surface area contributed by atoms with Gasteiger partial charge < -0.3 is 15.3 Å². The Kier molecular flexibility index (Phi) is 6.52. The number of aliphatic hydroxyl groups is 1. The van der Waals surface area contributed by atoms with Crippen molar-refractivity contribution < 1.29 is 9.90 Å². The van der Waals surface area contributed by atoms with Crippen LogP contribution < -0.4 is 5.32 Å². The molecule has 1 amide bonds. The smallest absolute Gasteiger partial charge is 0.236 e. The summed E-state index contributed by atoms with van der Waals surface area (Å²) in [4.78, 5) is 14.0. The number of rotatable bonds is 7. The summed E-state index contributed by atoms with van der Waals surface area (Å²) < 4.78 is 0. The first-order chi connectivity index (χ1) is 8.19. The fraction of sp³-hybridized carbons (Fsp3) is 0.923. The molecule has 1 fully saturated rings. The number of hydrogen-bond acceptors (Lipinski definition) is 3. The van der Waals surface area contributed by atoms with Crippen LogP contribution in [-0.4, -0.2) is 47.7 Å². The topological polar surface area (TPSA) is 52.6 Å². The molecule has 1 heterocycles. The molecule has 0 bridgehead atoms. The number of hydrogen-bond donors (Lipinski definition) is 2. The molecule has 1 aliphatic heterocycles. The summed E-state index contributed by atoms with van der Waals surface area (Å²) >= 11 is 0. The van der Waals surface area contributed by atoms with Crippen LogP contribution in [0.3, 0.4) is 0 Å². The highest BCUT2D eigenvalue weighted by Crippen LogP contribution is 2.21. The molecule has 0 saturated carbocycles. The van der Waals surface area contributed by atoms with E-state index in [2.05, 4.69) is 19.2 Å². The largest absolute Gasteiger partial charge is 0.396 e. The van der Waals surface area contributed by atoms with Crippen LogP contribution in [0.1, 0.15) is 46.0 Å². The zero-order chi connectivity index (χ0) is 12.7. The number of likely N-dealkylation sites (tertiary alicyclic amines) is 1. The van der Waals surface area contributed by atoms with Crippen molar-refractivity contribution in [3.63, 3.8) is 0 Å². The predicted octanol–water partition coefficient (Wildman–Crippen LogP) is 1.14. The van der Waals surface area contributed by atoms with Gasteiger partial charge in [0.25, 0.3) is 0 Å². The van der Waals surface area contributed by atoms with Crippen LogP contribution in [0.25, 0.3) is 0 Å². The Balaban J connectivity index is 2.33. The van der Waals surface area contributed by atoms with Crippen LogP contribution in [0.4, 0.5) is 0 Å². The highest BCUT2D eigenvalue weighted by atomic mass is 16.3. The minimum absolute atomic E-state index is 0.214. The van der Waals surface area contributed by atoms with Crippen LogP contribution in [0, 0.1) is 0 Å². The van der Waals surface area contributed by atoms with Crippen molar-refractivity contribution in [1.82, 2.24) is 10.2 Å². The Hall–Kier alpha value is -0.610. The standard InChI is InChI=1S/C13H26N2O2/c1-3-11(2)14-10-13(17)15-8-4-6-12(15)7-5-9-16/h11-12,14,16H,3-10H2,1-2H3. The Morgan fingerprint density at radius 1 is 1.59 bits per heavy atom. The summed E-state index contributed by atoms with van der Waals surface area (Å²) in [5.41, 5.74) is 0. The van der Waals surface area contributed by atoms with E-state index in [-0.39, 0.29) is 12.5 Å². The van der Waals surface area contributed by atoms with Gasteiger partial charge in [-0.25, -0.2) is 0 Å². The zero-order valence-corrected chi connectivity index (χ0v) is 11.1. The fourth-order valence-electron chi connectivity index (χ4n) is 2.30. The van der Waals surface area contributed by atoms with Crippen molar-refractivity contribution in [2.24, 2.45) is 0 Å². The van der Waals surface area contributed by atoms with Crippen LogP contribution in [0.2, 0.25) is 0 Å². The second-order valence-electron chi connectivity index (χ2n) is 4.94. The van der Waals surface area contributed by atoms with Crippen molar-refractivity contribution in [3.8, 4) is 0 Å². The number of aliphatic hydroxyl groups excluding tert-OH is 1. The minimum atomic E-state index is 0.214. The average molecular weight is 242 g/mol. The SMILES string of the molecule is CCC(C)NCC(=O)N1CCCC1CCCO. The number of carbonyl (C=O) groups excluding carboxylic acids is 1. The monoisotopic (exact) mass is 242 g/mol. The Morgan fingerprint density at radius 3 is 3.00 bits per heavy atom. The molecule has 1 rings (SSSR count). The van der Waals surface area contributed by atoms with Crippen molar-refractivity contribution >= 4 is 5.91 Å². The molecule has 1 saturated heterocycles. The number of nitrogens with one attached hydrogen (secondary N) is 1. The van der Waals surface area contributed by atoms with Gasteiger partial charge in [0.2, 0.25) is 5.91 Å². The van der Waals surface area contributed by atoms with Gasteiger partial charge in [0.05, 0.1) is 6.54 Å². The molecule has 2 N–H and O–H groups in total. The molecule has 4 heteroatoms. The van der Waals surface area contributed by atoms with Crippen molar-refractivity contribution in [3.05, 3.63) is 0 Å². The lowest BCUT2D eigenvalue weighted by atomic mass is 10.1. The zero-order valence-electron chi connectivity index (χ0n) is 11.1. The van der Waals surface area contributed by atoms with E-state index >= 15 is 0 Å². The second kappa shape index (κ2) is 7.67. The molecule has 17 heavy (non-hydrogen) atoms. The first-order valence-corrected chi connectivity index (χ1v) is 6.82. The van der Waals surface area contributed by atoms with Gasteiger partial charge in [-0.15, -0.1) is 0 Å². The van der Waals surface area contributed by atoms with Gasteiger partial charge in [0.1, 0.15) is 0 Å². The molecule has 2 unspecified atom stereocenters. The molecule has 0 aliphatic carbocycles. The third-order valence-electron chi connectivity index (χ3n) is 3.61. The van der Waals surface area contributed by atoms with E-state index in [4.69, 9.17) is 5.11 Å². The molecule has 0 radical (unpaired) electrons. The van der Waals surface area contributed by atoms with E-state index in [0.717, 1.165) is 38.6 Å². The van der Waals surface area contributed by atoms with Gasteiger partial charge in [0.15, 0.2) is 0 Å². The first-order valence-electron chi connectivity index (χ1n) is 6.82. The third-order valence-corrected chi connectivity index (χ3v) is 3.61. The first kappa shape index (κ1) is 14.5. The summed E-state index contributed by atoms with van der Waals surface area (Å²) in [6.07, 6.45) is 4.97. The van der Waals surface area contributed by atoms with Gasteiger partial charge in [-0.2, -0.15) is 0 Å². The minimum Gasteiger partial charge on any atom is -0.396 e. The average Bonchev–Trinajstić information content (AvgIpc) is 2.81. The van der Waals surface area contributed by atoms with E-state index < -0.39 is 0 Å². The Bertz CT molecular complexity index is 233. The summed E-state index contributed by atoms with van der Waals surface area (Å²) in [6.45, 7) is 5.77. The quantitative estimate of drug-likeness (QED) is 0.704. The van der Waals surface area contributed by atoms with Gasteiger partial charge in [-0.05, 0) is 39.0 Å². The van der Waals surface area contributed by atoms with Crippen LogP contribution in [-0.2, 0) is 4.79 Å². The van der Waals surface area contributed by atoms with Crippen molar-refractivity contribution in [1.29, 1.82) is 0 Å². The summed E-state index contributed by atoms with van der Waals surface area (Å²) in [6, 6.07) is 0.755. The lowest BCUT2D eigenvalue weighted by molar-refractivity contribution is -0.131. The summed E-state index contributed by atoms with van der Waals surface area (Å²) in [5.74, 6) is 0.214. The molecule has 2 atom stereocenters. The van der Waals surface area contributed by atoms with Crippen LogP contribution in [0.5, 0.6) is 0 Å². The summed E-state index contributed by atoms with van der Waals surface area (Å²) in [5, 5.41) is 12.1. The molecule has 0 spiro atoms. The lowest BCUT2D eigenvalue weighted by Gasteiger charge is -2.25. The number of carbonyl (C=O) groups is 1.